The lowest BCUT2D eigenvalue weighted by Gasteiger charge is -2.52. The third kappa shape index (κ3) is 2.14. The molecule has 0 amide bonds. The minimum absolute atomic E-state index is 0.590. The molecule has 2 fully saturated rings. The van der Waals surface area contributed by atoms with E-state index in [1.807, 2.05) is 0 Å². The molecule has 1 aromatic rings. The zero-order valence-electron chi connectivity index (χ0n) is 11.1. The summed E-state index contributed by atoms with van der Waals surface area (Å²) in [4.78, 5) is 0. The van der Waals surface area contributed by atoms with Gasteiger partial charge in [-0.05, 0) is 55.7 Å². The van der Waals surface area contributed by atoms with Crippen LogP contribution in [0.2, 0.25) is 5.02 Å². The lowest BCUT2D eigenvalue weighted by Crippen LogP contribution is -2.50. The predicted octanol–water partition coefficient (Wildman–Crippen LogP) is 5.17. The summed E-state index contributed by atoms with van der Waals surface area (Å²) in [6.45, 7) is 2.08. The van der Waals surface area contributed by atoms with Gasteiger partial charge in [0.2, 0.25) is 0 Å². The number of hydrogen-bond acceptors (Lipinski definition) is 1. The summed E-state index contributed by atoms with van der Waals surface area (Å²) >= 11 is 6.32. The fourth-order valence-corrected chi connectivity index (χ4v) is 3.99. The Balaban J connectivity index is 1.72. The Morgan fingerprint density at radius 1 is 1.17 bits per heavy atom. The Labute approximate surface area is 115 Å². The Morgan fingerprint density at radius 3 is 2.56 bits per heavy atom. The molecule has 18 heavy (non-hydrogen) atoms. The fraction of sp³-hybridized carbons (Fsp3) is 0.625. The highest BCUT2D eigenvalue weighted by atomic mass is 35.5. The summed E-state index contributed by atoms with van der Waals surface area (Å²) in [6, 6.07) is 6.97. The Morgan fingerprint density at radius 2 is 1.94 bits per heavy atom. The molecule has 1 unspecified atom stereocenters. The number of benzene rings is 1. The molecule has 0 radical (unpaired) electrons. The number of halogens is 1. The second kappa shape index (κ2) is 4.77. The van der Waals surface area contributed by atoms with Gasteiger partial charge < -0.3 is 5.32 Å². The van der Waals surface area contributed by atoms with Crippen LogP contribution in [-0.2, 0) is 0 Å². The van der Waals surface area contributed by atoms with Crippen LogP contribution in [0.4, 0.5) is 5.69 Å². The highest BCUT2D eigenvalue weighted by Gasteiger charge is 2.46. The van der Waals surface area contributed by atoms with Gasteiger partial charge in [-0.25, -0.2) is 0 Å². The second-order valence-corrected chi connectivity index (χ2v) is 6.55. The summed E-state index contributed by atoms with van der Waals surface area (Å²) in [7, 11) is 0. The molecule has 1 aromatic carbocycles. The van der Waals surface area contributed by atoms with E-state index in [-0.39, 0.29) is 0 Å². The Hall–Kier alpha value is -0.690. The van der Waals surface area contributed by atoms with Crippen LogP contribution in [-0.4, -0.2) is 6.04 Å². The monoisotopic (exact) mass is 263 g/mol. The van der Waals surface area contributed by atoms with E-state index in [4.69, 9.17) is 11.6 Å². The predicted molar refractivity (Wildman–Crippen MR) is 78.4 cm³/mol. The average Bonchev–Trinajstić information content (AvgIpc) is 2.37. The molecule has 1 spiro atoms. The molecule has 2 saturated carbocycles. The molecule has 0 aliphatic heterocycles. The molecule has 0 aromatic heterocycles. The summed E-state index contributed by atoms with van der Waals surface area (Å²) < 4.78 is 0. The molecule has 98 valence electrons. The molecule has 2 heteroatoms. The van der Waals surface area contributed by atoms with Gasteiger partial charge in [-0.1, -0.05) is 36.9 Å². The maximum absolute atomic E-state index is 6.32. The SMILES string of the molecule is Cc1ccc(NC2CCC23CCCCC3)c(Cl)c1. The zero-order chi connectivity index (χ0) is 12.6. The maximum atomic E-state index is 6.32. The summed E-state index contributed by atoms with van der Waals surface area (Å²) in [5.74, 6) is 0. The summed E-state index contributed by atoms with van der Waals surface area (Å²) in [6.07, 6.45) is 9.81. The van der Waals surface area contributed by atoms with Crippen LogP contribution >= 0.6 is 11.6 Å². The van der Waals surface area contributed by atoms with E-state index in [2.05, 4.69) is 30.4 Å². The lowest BCUT2D eigenvalue weighted by atomic mass is 9.57. The number of anilines is 1. The number of aryl methyl sites for hydroxylation is 1. The van der Waals surface area contributed by atoms with Crippen molar-refractivity contribution in [3.05, 3.63) is 28.8 Å². The topological polar surface area (TPSA) is 12.0 Å². The number of nitrogens with one attached hydrogen (secondary N) is 1. The first kappa shape index (κ1) is 12.3. The third-order valence-corrected chi connectivity index (χ3v) is 5.29. The van der Waals surface area contributed by atoms with Crippen LogP contribution in [0.15, 0.2) is 18.2 Å². The molecule has 3 rings (SSSR count). The average molecular weight is 264 g/mol. The molecular formula is C16H22ClN. The first-order valence-electron chi connectivity index (χ1n) is 7.22. The molecule has 1 N–H and O–H groups in total. The summed E-state index contributed by atoms with van der Waals surface area (Å²) in [5.41, 5.74) is 2.94. The van der Waals surface area contributed by atoms with Gasteiger partial charge >= 0.3 is 0 Å². The van der Waals surface area contributed by atoms with Crippen LogP contribution in [0.5, 0.6) is 0 Å². The quantitative estimate of drug-likeness (QED) is 0.776. The Bertz CT molecular complexity index is 435. The van der Waals surface area contributed by atoms with Gasteiger partial charge in [0, 0.05) is 6.04 Å². The molecule has 0 heterocycles. The zero-order valence-corrected chi connectivity index (χ0v) is 11.9. The van der Waals surface area contributed by atoms with Gasteiger partial charge in [0.15, 0.2) is 0 Å². The highest BCUT2D eigenvalue weighted by molar-refractivity contribution is 6.33. The smallest absolute Gasteiger partial charge is 0.0640 e. The largest absolute Gasteiger partial charge is 0.381 e. The molecule has 1 atom stereocenters. The minimum Gasteiger partial charge on any atom is -0.381 e. The van der Waals surface area contributed by atoms with Crippen molar-refractivity contribution >= 4 is 17.3 Å². The van der Waals surface area contributed by atoms with Gasteiger partial charge in [0.25, 0.3) is 0 Å². The van der Waals surface area contributed by atoms with Crippen LogP contribution < -0.4 is 5.32 Å². The third-order valence-electron chi connectivity index (χ3n) is 4.97. The van der Waals surface area contributed by atoms with Crippen molar-refractivity contribution < 1.29 is 0 Å². The van der Waals surface area contributed by atoms with Crippen LogP contribution in [0.1, 0.15) is 50.5 Å². The molecule has 2 aliphatic rings. The van der Waals surface area contributed by atoms with E-state index in [0.717, 1.165) is 10.7 Å². The molecule has 2 aliphatic carbocycles. The van der Waals surface area contributed by atoms with E-state index in [1.165, 1.54) is 50.5 Å². The van der Waals surface area contributed by atoms with Crippen molar-refractivity contribution in [2.75, 3.05) is 5.32 Å². The first-order chi connectivity index (χ1) is 8.70. The second-order valence-electron chi connectivity index (χ2n) is 6.14. The normalized spacial score (nSPS) is 25.8. The highest BCUT2D eigenvalue weighted by Crippen LogP contribution is 2.52. The van der Waals surface area contributed by atoms with E-state index in [1.54, 1.807) is 0 Å². The van der Waals surface area contributed by atoms with Gasteiger partial charge in [0.1, 0.15) is 0 Å². The summed E-state index contributed by atoms with van der Waals surface area (Å²) in [5, 5.41) is 4.57. The van der Waals surface area contributed by atoms with Gasteiger partial charge in [-0.15, -0.1) is 0 Å². The van der Waals surface area contributed by atoms with Crippen molar-refractivity contribution in [1.29, 1.82) is 0 Å². The van der Waals surface area contributed by atoms with Crippen molar-refractivity contribution in [1.82, 2.24) is 0 Å². The first-order valence-corrected chi connectivity index (χ1v) is 7.60. The number of rotatable bonds is 2. The van der Waals surface area contributed by atoms with Crippen molar-refractivity contribution in [2.45, 2.75) is 57.9 Å². The van der Waals surface area contributed by atoms with E-state index in [9.17, 15) is 0 Å². The lowest BCUT2D eigenvalue weighted by molar-refractivity contribution is 0.0571. The standard InChI is InChI=1S/C16H22ClN/c1-12-5-6-14(13(17)11-12)18-15-7-10-16(15)8-3-2-4-9-16/h5-6,11,15,18H,2-4,7-10H2,1H3. The number of hydrogen-bond donors (Lipinski definition) is 1. The molecule has 0 bridgehead atoms. The van der Waals surface area contributed by atoms with E-state index in [0.29, 0.717) is 11.5 Å². The molecule has 0 saturated heterocycles. The molecular weight excluding hydrogens is 242 g/mol. The van der Waals surface area contributed by atoms with Gasteiger partial charge in [-0.3, -0.25) is 0 Å². The van der Waals surface area contributed by atoms with Crippen molar-refractivity contribution in [3.63, 3.8) is 0 Å². The molecule has 1 nitrogen and oxygen atoms in total. The Kier molecular flexibility index (Phi) is 3.27. The minimum atomic E-state index is 0.590. The van der Waals surface area contributed by atoms with Crippen LogP contribution in [0, 0.1) is 12.3 Å². The van der Waals surface area contributed by atoms with E-state index >= 15 is 0 Å². The maximum Gasteiger partial charge on any atom is 0.0640 e. The van der Waals surface area contributed by atoms with Crippen molar-refractivity contribution in [3.8, 4) is 0 Å². The van der Waals surface area contributed by atoms with E-state index < -0.39 is 0 Å². The van der Waals surface area contributed by atoms with Crippen LogP contribution in [0.3, 0.4) is 0 Å². The van der Waals surface area contributed by atoms with Gasteiger partial charge in [0.05, 0.1) is 10.7 Å². The van der Waals surface area contributed by atoms with Gasteiger partial charge in [-0.2, -0.15) is 0 Å². The fourth-order valence-electron chi connectivity index (χ4n) is 3.70. The van der Waals surface area contributed by atoms with Crippen molar-refractivity contribution in [2.24, 2.45) is 5.41 Å². The van der Waals surface area contributed by atoms with Crippen LogP contribution in [0.25, 0.3) is 0 Å².